The van der Waals surface area contributed by atoms with Crippen LogP contribution in [0.2, 0.25) is 0 Å². The maximum absolute atomic E-state index is 6.00. The molecule has 1 N–H and O–H groups in total. The van der Waals surface area contributed by atoms with Crippen molar-refractivity contribution < 1.29 is 4.74 Å². The molecule has 0 spiro atoms. The molecule has 0 saturated heterocycles. The topological polar surface area (TPSA) is 55.7 Å². The largest absolute Gasteiger partial charge is 0.408 e. The first-order valence-electron chi connectivity index (χ1n) is 6.97. The van der Waals surface area contributed by atoms with Gasteiger partial charge < -0.3 is 14.5 Å². The van der Waals surface area contributed by atoms with Crippen molar-refractivity contribution in [3.05, 3.63) is 0 Å². The molecule has 0 unspecified atom stereocenters. The van der Waals surface area contributed by atoms with Gasteiger partial charge in [0, 0.05) is 34.7 Å². The number of unbranched alkanes of at least 4 members (excludes halogenated alkanes) is 1. The Kier molecular flexibility index (Phi) is 5.76. The Morgan fingerprint density at radius 2 is 1.75 bits per heavy atom. The standard InChI is InChI=1S/C13H28N6O/c1-8-9-10-14-13(19(6)7)16-11(17(2)3)15-12(20-13)18(4)5/h14H,8-10H2,1-7H3/t13-/m0/s1. The third-order valence-electron chi connectivity index (χ3n) is 2.96. The Morgan fingerprint density at radius 1 is 1.10 bits per heavy atom. The zero-order valence-electron chi connectivity index (χ0n) is 13.8. The van der Waals surface area contributed by atoms with Crippen molar-refractivity contribution in [1.29, 1.82) is 0 Å². The predicted molar refractivity (Wildman–Crippen MR) is 82.7 cm³/mol. The number of aliphatic imine (C=N–C) groups is 2. The first-order chi connectivity index (χ1) is 9.32. The summed E-state index contributed by atoms with van der Waals surface area (Å²) >= 11 is 0. The van der Waals surface area contributed by atoms with Crippen LogP contribution in [0.1, 0.15) is 19.8 Å². The lowest BCUT2D eigenvalue weighted by Gasteiger charge is -2.40. The molecule has 0 aromatic carbocycles. The van der Waals surface area contributed by atoms with Crippen LogP contribution in [0, 0.1) is 0 Å². The molecule has 1 heterocycles. The zero-order chi connectivity index (χ0) is 15.3. The van der Waals surface area contributed by atoms with Crippen LogP contribution in [-0.2, 0) is 4.74 Å². The first-order valence-corrected chi connectivity index (χ1v) is 6.97. The molecule has 0 bridgehead atoms. The highest BCUT2D eigenvalue weighted by atomic mass is 16.6. The Labute approximate surface area is 122 Å². The van der Waals surface area contributed by atoms with E-state index in [2.05, 4.69) is 22.2 Å². The Balaban J connectivity index is 3.07. The molecular weight excluding hydrogens is 256 g/mol. The molecule has 7 nitrogen and oxygen atoms in total. The van der Waals surface area contributed by atoms with Gasteiger partial charge in [-0.15, -0.1) is 0 Å². The molecule has 0 fully saturated rings. The summed E-state index contributed by atoms with van der Waals surface area (Å²) in [6.45, 7) is 2.99. The molecule has 1 aliphatic rings. The number of nitrogens with one attached hydrogen (secondary N) is 1. The summed E-state index contributed by atoms with van der Waals surface area (Å²) in [7, 11) is 11.5. The minimum atomic E-state index is -0.907. The van der Waals surface area contributed by atoms with Crippen LogP contribution in [0.15, 0.2) is 9.98 Å². The summed E-state index contributed by atoms with van der Waals surface area (Å²) in [5.41, 5.74) is 0. The summed E-state index contributed by atoms with van der Waals surface area (Å²) in [5, 5.41) is 3.39. The van der Waals surface area contributed by atoms with E-state index < -0.39 is 5.97 Å². The van der Waals surface area contributed by atoms with E-state index in [0.717, 1.165) is 19.4 Å². The molecule has 7 heteroatoms. The van der Waals surface area contributed by atoms with E-state index in [-0.39, 0.29) is 0 Å². The fraction of sp³-hybridized carbons (Fsp3) is 0.846. The van der Waals surface area contributed by atoms with Gasteiger partial charge in [0.25, 0.3) is 6.02 Å². The normalized spacial score (nSPS) is 22.2. The van der Waals surface area contributed by atoms with Crippen molar-refractivity contribution >= 4 is 12.0 Å². The number of amidine groups is 1. The van der Waals surface area contributed by atoms with Gasteiger partial charge in [0.2, 0.25) is 5.96 Å². The minimum Gasteiger partial charge on any atom is -0.408 e. The summed E-state index contributed by atoms with van der Waals surface area (Å²) in [4.78, 5) is 14.7. The summed E-state index contributed by atoms with van der Waals surface area (Å²) < 4.78 is 6.00. The lowest BCUT2D eigenvalue weighted by molar-refractivity contribution is -0.101. The van der Waals surface area contributed by atoms with Crippen LogP contribution >= 0.6 is 0 Å². The van der Waals surface area contributed by atoms with Gasteiger partial charge in [-0.1, -0.05) is 13.3 Å². The van der Waals surface area contributed by atoms with E-state index in [0.29, 0.717) is 12.0 Å². The van der Waals surface area contributed by atoms with Gasteiger partial charge in [-0.2, -0.15) is 9.98 Å². The Hall–Kier alpha value is -1.34. The van der Waals surface area contributed by atoms with Crippen molar-refractivity contribution in [2.45, 2.75) is 25.7 Å². The van der Waals surface area contributed by atoms with Crippen molar-refractivity contribution in [2.24, 2.45) is 9.98 Å². The molecule has 20 heavy (non-hydrogen) atoms. The molecule has 0 aromatic rings. The van der Waals surface area contributed by atoms with Crippen molar-refractivity contribution in [3.63, 3.8) is 0 Å². The monoisotopic (exact) mass is 284 g/mol. The predicted octanol–water partition coefficient (Wildman–Crippen LogP) is 0.414. The number of nitrogens with zero attached hydrogens (tertiary/aromatic N) is 5. The molecule has 1 rings (SSSR count). The number of hydrogen-bond donors (Lipinski definition) is 1. The number of rotatable bonds is 5. The zero-order valence-corrected chi connectivity index (χ0v) is 13.8. The van der Waals surface area contributed by atoms with Crippen molar-refractivity contribution in [1.82, 2.24) is 20.0 Å². The maximum atomic E-state index is 6.00. The molecule has 116 valence electrons. The summed E-state index contributed by atoms with van der Waals surface area (Å²) in [6, 6.07) is 0.543. The first kappa shape index (κ1) is 16.7. The van der Waals surface area contributed by atoms with Gasteiger partial charge in [-0.25, -0.2) is 10.2 Å². The van der Waals surface area contributed by atoms with Crippen molar-refractivity contribution in [3.8, 4) is 0 Å². The van der Waals surface area contributed by atoms with Gasteiger partial charge in [0.15, 0.2) is 0 Å². The lowest BCUT2D eigenvalue weighted by atomic mass is 10.3. The highest BCUT2D eigenvalue weighted by Crippen LogP contribution is 2.19. The second-order valence-corrected chi connectivity index (χ2v) is 5.48. The van der Waals surface area contributed by atoms with E-state index in [9.17, 15) is 0 Å². The van der Waals surface area contributed by atoms with E-state index in [4.69, 9.17) is 4.74 Å². The average Bonchev–Trinajstić information content (AvgIpc) is 2.38. The number of guanidine groups is 1. The molecule has 0 amide bonds. The van der Waals surface area contributed by atoms with E-state index in [1.807, 2.05) is 57.0 Å². The number of ether oxygens (including phenoxy) is 1. The van der Waals surface area contributed by atoms with E-state index in [1.165, 1.54) is 0 Å². The Morgan fingerprint density at radius 3 is 2.20 bits per heavy atom. The molecule has 0 aliphatic carbocycles. The van der Waals surface area contributed by atoms with Crippen LogP contribution in [-0.4, -0.2) is 81.5 Å². The van der Waals surface area contributed by atoms with Gasteiger partial charge in [-0.05, 0) is 20.5 Å². The smallest absolute Gasteiger partial charge is 0.329 e. The van der Waals surface area contributed by atoms with Gasteiger partial charge in [0.1, 0.15) is 0 Å². The third kappa shape index (κ3) is 3.83. The van der Waals surface area contributed by atoms with Crippen LogP contribution in [0.3, 0.4) is 0 Å². The maximum Gasteiger partial charge on any atom is 0.329 e. The molecular formula is C13H28N6O. The SMILES string of the molecule is CCCCN[C@@]1(N(C)C)N=C(N(C)C)N=C(N(C)C)O1. The number of hydrogen-bond acceptors (Lipinski definition) is 7. The van der Waals surface area contributed by atoms with Gasteiger partial charge >= 0.3 is 5.97 Å². The average molecular weight is 284 g/mol. The second kappa shape index (κ2) is 6.90. The molecule has 0 saturated carbocycles. The van der Waals surface area contributed by atoms with Crippen LogP contribution in [0.5, 0.6) is 0 Å². The van der Waals surface area contributed by atoms with Crippen LogP contribution < -0.4 is 5.32 Å². The summed E-state index contributed by atoms with van der Waals surface area (Å²) in [5.74, 6) is -0.270. The van der Waals surface area contributed by atoms with Crippen LogP contribution in [0.25, 0.3) is 0 Å². The van der Waals surface area contributed by atoms with Gasteiger partial charge in [-0.3, -0.25) is 0 Å². The van der Waals surface area contributed by atoms with Gasteiger partial charge in [0.05, 0.1) is 0 Å². The van der Waals surface area contributed by atoms with E-state index >= 15 is 0 Å². The van der Waals surface area contributed by atoms with Crippen LogP contribution in [0.4, 0.5) is 0 Å². The van der Waals surface area contributed by atoms with E-state index in [1.54, 1.807) is 0 Å². The fourth-order valence-corrected chi connectivity index (χ4v) is 1.66. The molecule has 1 atom stereocenters. The molecule has 1 aliphatic heterocycles. The van der Waals surface area contributed by atoms with Crippen molar-refractivity contribution in [2.75, 3.05) is 48.8 Å². The fourth-order valence-electron chi connectivity index (χ4n) is 1.66. The quantitative estimate of drug-likeness (QED) is 0.585. The molecule has 0 radical (unpaired) electrons. The Bertz CT molecular complexity index is 377. The minimum absolute atomic E-state index is 0.543. The second-order valence-electron chi connectivity index (χ2n) is 5.48. The molecule has 0 aromatic heterocycles. The third-order valence-corrected chi connectivity index (χ3v) is 2.96. The summed E-state index contributed by atoms with van der Waals surface area (Å²) in [6.07, 6.45) is 2.19. The highest BCUT2D eigenvalue weighted by Gasteiger charge is 2.40. The lowest BCUT2D eigenvalue weighted by Crippen LogP contribution is -2.61. The highest BCUT2D eigenvalue weighted by molar-refractivity contribution is 5.93.